The third kappa shape index (κ3) is 5.02. The molecule has 1 N–H and O–H groups in total. The molecule has 1 aliphatic carbocycles. The topological polar surface area (TPSA) is 46.2 Å². The minimum Gasteiger partial charge on any atom is -0.316 e. The van der Waals surface area contributed by atoms with Crippen molar-refractivity contribution in [2.24, 2.45) is 5.41 Å². The fraction of sp³-hybridized carbons (Fsp3) is 1.00. The van der Waals surface area contributed by atoms with Gasteiger partial charge in [-0.1, -0.05) is 12.8 Å². The van der Waals surface area contributed by atoms with Crippen LogP contribution in [0.2, 0.25) is 0 Å². The van der Waals surface area contributed by atoms with Crippen LogP contribution in [0.4, 0.5) is 0 Å². The Labute approximate surface area is 104 Å². The Morgan fingerprint density at radius 2 is 1.94 bits per heavy atom. The maximum Gasteiger partial charge on any atom is 0.147 e. The van der Waals surface area contributed by atoms with Crippen molar-refractivity contribution in [1.29, 1.82) is 0 Å². The van der Waals surface area contributed by atoms with Gasteiger partial charge >= 0.3 is 0 Å². The minimum absolute atomic E-state index is 0.270. The van der Waals surface area contributed by atoms with Crippen LogP contribution in [0.5, 0.6) is 0 Å². The number of nitrogens with one attached hydrogen (secondary N) is 1. The van der Waals surface area contributed by atoms with Crippen molar-refractivity contribution in [2.75, 3.05) is 31.0 Å². The van der Waals surface area contributed by atoms with Crippen LogP contribution in [0.25, 0.3) is 0 Å². The second-order valence-corrected chi connectivity index (χ2v) is 7.53. The Bertz CT molecular complexity index is 297. The monoisotopic (exact) mass is 267 g/mol. The van der Waals surface area contributed by atoms with Crippen LogP contribution < -0.4 is 5.32 Å². The summed E-state index contributed by atoms with van der Waals surface area (Å²) in [4.78, 5) is 0. The number of halogens is 1. The number of hydrogen-bond acceptors (Lipinski definition) is 3. The Hall–Kier alpha value is 0.200. The van der Waals surface area contributed by atoms with Gasteiger partial charge in [0.05, 0.1) is 5.75 Å². The highest BCUT2D eigenvalue weighted by atomic mass is 35.5. The first-order valence-corrected chi connectivity index (χ1v) is 8.51. The highest BCUT2D eigenvalue weighted by Gasteiger charge is 2.32. The third-order valence-corrected chi connectivity index (χ3v) is 4.91. The first-order chi connectivity index (χ1) is 7.47. The van der Waals surface area contributed by atoms with Gasteiger partial charge in [0.25, 0.3) is 0 Å². The molecule has 0 radical (unpaired) electrons. The van der Waals surface area contributed by atoms with Crippen molar-refractivity contribution in [1.82, 2.24) is 5.32 Å². The maximum atomic E-state index is 10.9. The normalized spacial score (nSPS) is 20.1. The molecule has 1 fully saturated rings. The van der Waals surface area contributed by atoms with Gasteiger partial charge in [0.1, 0.15) is 9.84 Å². The summed E-state index contributed by atoms with van der Waals surface area (Å²) in [6, 6.07) is 0. The zero-order chi connectivity index (χ0) is 12.1. The molecular formula is C11H22ClNO2S. The van der Waals surface area contributed by atoms with E-state index < -0.39 is 9.84 Å². The molecule has 0 aliphatic heterocycles. The van der Waals surface area contributed by atoms with Crippen molar-refractivity contribution in [2.45, 2.75) is 32.1 Å². The maximum absolute atomic E-state index is 10.9. The van der Waals surface area contributed by atoms with Gasteiger partial charge in [-0.2, -0.15) is 0 Å². The van der Waals surface area contributed by atoms with Crippen molar-refractivity contribution < 1.29 is 8.42 Å². The quantitative estimate of drug-likeness (QED) is 0.565. The van der Waals surface area contributed by atoms with E-state index in [0.717, 1.165) is 13.1 Å². The molecule has 1 aliphatic rings. The molecule has 3 nitrogen and oxygen atoms in total. The molecule has 0 heterocycles. The third-order valence-electron chi connectivity index (χ3n) is 3.32. The van der Waals surface area contributed by atoms with Gasteiger partial charge in [0.2, 0.25) is 0 Å². The Balaban J connectivity index is 2.15. The molecule has 96 valence electrons. The number of sulfone groups is 1. The summed E-state index contributed by atoms with van der Waals surface area (Å²) in [5, 5.41) is 3.34. The predicted octanol–water partition coefficient (Wildman–Crippen LogP) is 1.81. The van der Waals surface area contributed by atoms with E-state index in [1.165, 1.54) is 31.9 Å². The first-order valence-electron chi connectivity index (χ1n) is 5.92. The molecule has 0 aromatic heterocycles. The average molecular weight is 268 g/mol. The molecule has 0 unspecified atom stereocenters. The Morgan fingerprint density at radius 1 is 1.31 bits per heavy atom. The zero-order valence-electron chi connectivity index (χ0n) is 9.97. The van der Waals surface area contributed by atoms with E-state index >= 15 is 0 Å². The molecule has 16 heavy (non-hydrogen) atoms. The van der Waals surface area contributed by atoms with Crippen LogP contribution in [-0.4, -0.2) is 39.4 Å². The minimum atomic E-state index is -2.81. The Kier molecular flexibility index (Phi) is 5.54. The highest BCUT2D eigenvalue weighted by Crippen LogP contribution is 2.38. The second kappa shape index (κ2) is 6.22. The fourth-order valence-corrected chi connectivity index (χ4v) is 3.33. The van der Waals surface area contributed by atoms with Crippen LogP contribution in [0.3, 0.4) is 0 Å². The van der Waals surface area contributed by atoms with Crippen LogP contribution in [0.1, 0.15) is 32.1 Å². The largest absolute Gasteiger partial charge is 0.316 e. The molecular weight excluding hydrogens is 246 g/mol. The van der Waals surface area contributed by atoms with E-state index in [0.29, 0.717) is 12.3 Å². The van der Waals surface area contributed by atoms with Gasteiger partial charge in [-0.3, -0.25) is 0 Å². The van der Waals surface area contributed by atoms with E-state index in [4.69, 9.17) is 11.6 Å². The summed E-state index contributed by atoms with van der Waals surface area (Å²) in [5.41, 5.74) is 0.270. The molecule has 0 aromatic carbocycles. The number of rotatable bonds is 7. The van der Waals surface area contributed by atoms with Crippen molar-refractivity contribution >= 4 is 21.4 Å². The second-order valence-electron chi connectivity index (χ2n) is 5.00. The summed E-state index contributed by atoms with van der Waals surface area (Å²) in [7, 11) is -2.81. The first kappa shape index (κ1) is 14.3. The standard InChI is InChI=1S/C11H22ClNO2S/c1-16(14,15)8-4-7-13-10-11(9-12)5-2-3-6-11/h13H,2-10H2,1H3. The van der Waals surface area contributed by atoms with Gasteiger partial charge in [-0.25, -0.2) is 8.42 Å². The lowest BCUT2D eigenvalue weighted by molar-refractivity contribution is 0.322. The molecule has 1 saturated carbocycles. The van der Waals surface area contributed by atoms with Crippen molar-refractivity contribution in [3.05, 3.63) is 0 Å². The van der Waals surface area contributed by atoms with Gasteiger partial charge in [-0.05, 0) is 31.2 Å². The summed E-state index contributed by atoms with van der Waals surface area (Å²) in [6.45, 7) is 1.70. The molecule has 0 atom stereocenters. The lowest BCUT2D eigenvalue weighted by Crippen LogP contribution is -2.34. The molecule has 0 spiro atoms. The summed E-state index contributed by atoms with van der Waals surface area (Å²) in [6.07, 6.45) is 6.93. The van der Waals surface area contributed by atoms with Crippen LogP contribution in [-0.2, 0) is 9.84 Å². The van der Waals surface area contributed by atoms with Gasteiger partial charge in [0, 0.05) is 18.7 Å². The highest BCUT2D eigenvalue weighted by molar-refractivity contribution is 7.90. The smallest absolute Gasteiger partial charge is 0.147 e. The van der Waals surface area contributed by atoms with Crippen LogP contribution >= 0.6 is 11.6 Å². The summed E-state index contributed by atoms with van der Waals surface area (Å²) < 4.78 is 21.8. The predicted molar refractivity (Wildman–Crippen MR) is 68.8 cm³/mol. The molecule has 0 amide bonds. The van der Waals surface area contributed by atoms with Crippen molar-refractivity contribution in [3.63, 3.8) is 0 Å². The van der Waals surface area contributed by atoms with E-state index in [9.17, 15) is 8.42 Å². The van der Waals surface area contributed by atoms with Crippen LogP contribution in [0, 0.1) is 5.41 Å². The molecule has 0 saturated heterocycles. The molecule has 5 heteroatoms. The molecule has 1 rings (SSSR count). The molecule has 0 bridgehead atoms. The molecule has 0 aromatic rings. The lowest BCUT2D eigenvalue weighted by atomic mass is 9.88. The van der Waals surface area contributed by atoms with Crippen LogP contribution in [0.15, 0.2) is 0 Å². The van der Waals surface area contributed by atoms with E-state index in [1.54, 1.807) is 0 Å². The van der Waals surface area contributed by atoms with Gasteiger partial charge < -0.3 is 5.32 Å². The number of alkyl halides is 1. The zero-order valence-corrected chi connectivity index (χ0v) is 11.5. The number of hydrogen-bond donors (Lipinski definition) is 1. The van der Waals surface area contributed by atoms with E-state index in [2.05, 4.69) is 5.32 Å². The van der Waals surface area contributed by atoms with E-state index in [-0.39, 0.29) is 11.2 Å². The SMILES string of the molecule is CS(=O)(=O)CCCNCC1(CCl)CCCC1. The van der Waals surface area contributed by atoms with Crippen molar-refractivity contribution in [3.8, 4) is 0 Å². The summed E-state index contributed by atoms with van der Waals surface area (Å²) >= 11 is 6.01. The van der Waals surface area contributed by atoms with Gasteiger partial charge in [-0.15, -0.1) is 11.6 Å². The summed E-state index contributed by atoms with van der Waals surface area (Å²) in [5.74, 6) is 0.986. The van der Waals surface area contributed by atoms with Gasteiger partial charge in [0.15, 0.2) is 0 Å². The average Bonchev–Trinajstić information content (AvgIpc) is 2.65. The Morgan fingerprint density at radius 3 is 2.44 bits per heavy atom. The lowest BCUT2D eigenvalue weighted by Gasteiger charge is -2.26. The van der Waals surface area contributed by atoms with E-state index in [1.807, 2.05) is 0 Å². The fourth-order valence-electron chi connectivity index (χ4n) is 2.30.